The van der Waals surface area contributed by atoms with Crippen LogP contribution in [0.15, 0.2) is 24.3 Å². The topological polar surface area (TPSA) is 55.4 Å². The molecule has 1 N–H and O–H groups in total. The van der Waals surface area contributed by atoms with E-state index in [9.17, 15) is 8.42 Å². The lowest BCUT2D eigenvalue weighted by atomic mass is 10.0. The van der Waals surface area contributed by atoms with Crippen LogP contribution in [-0.2, 0) is 9.84 Å². The van der Waals surface area contributed by atoms with Gasteiger partial charge in [-0.1, -0.05) is 31.4 Å². The molecule has 1 aromatic carbocycles. The van der Waals surface area contributed by atoms with Gasteiger partial charge in [-0.3, -0.25) is 0 Å². The highest BCUT2D eigenvalue weighted by Gasteiger charge is 2.30. The van der Waals surface area contributed by atoms with Gasteiger partial charge in [-0.2, -0.15) is 0 Å². The van der Waals surface area contributed by atoms with Gasteiger partial charge in [0.05, 0.1) is 18.1 Å². The summed E-state index contributed by atoms with van der Waals surface area (Å²) in [7, 11) is 0.358. The van der Waals surface area contributed by atoms with Crippen LogP contribution < -0.4 is 10.1 Å². The molecular formula is C16H25NO3S. The number of nitrogens with one attached hydrogen (secondary N) is 1. The average Bonchev–Trinajstić information content (AvgIpc) is 2.53. The molecule has 0 amide bonds. The van der Waals surface area contributed by atoms with E-state index in [-0.39, 0.29) is 17.0 Å². The SMILES string of the molecule is CNC(CS(=O)(=O)C1CCCCC1)c1cccc(OC)c1. The Morgan fingerprint density at radius 3 is 2.62 bits per heavy atom. The molecule has 0 bridgehead atoms. The Morgan fingerprint density at radius 2 is 2.00 bits per heavy atom. The van der Waals surface area contributed by atoms with Gasteiger partial charge in [-0.05, 0) is 37.6 Å². The van der Waals surface area contributed by atoms with Crippen LogP contribution in [0.4, 0.5) is 0 Å². The molecule has 1 aliphatic rings. The van der Waals surface area contributed by atoms with E-state index in [2.05, 4.69) is 5.32 Å². The maximum absolute atomic E-state index is 12.6. The van der Waals surface area contributed by atoms with Gasteiger partial charge >= 0.3 is 0 Å². The van der Waals surface area contributed by atoms with E-state index in [4.69, 9.17) is 4.74 Å². The van der Waals surface area contributed by atoms with Crippen LogP contribution in [0.1, 0.15) is 43.7 Å². The first-order valence-corrected chi connectivity index (χ1v) is 9.31. The van der Waals surface area contributed by atoms with E-state index in [1.807, 2.05) is 24.3 Å². The number of hydrogen-bond donors (Lipinski definition) is 1. The van der Waals surface area contributed by atoms with Gasteiger partial charge in [0.1, 0.15) is 5.75 Å². The summed E-state index contributed by atoms with van der Waals surface area (Å²) in [5, 5.41) is 2.97. The third-order valence-electron chi connectivity index (χ3n) is 4.30. The first-order chi connectivity index (χ1) is 10.1. The first kappa shape index (κ1) is 16.3. The molecule has 1 atom stereocenters. The van der Waals surface area contributed by atoms with Crippen molar-refractivity contribution in [2.75, 3.05) is 19.9 Å². The van der Waals surface area contributed by atoms with Crippen molar-refractivity contribution in [1.29, 1.82) is 0 Å². The zero-order chi connectivity index (χ0) is 15.3. The average molecular weight is 311 g/mol. The molecule has 0 heterocycles. The molecule has 0 radical (unpaired) electrons. The summed E-state index contributed by atoms with van der Waals surface area (Å²) >= 11 is 0. The summed E-state index contributed by atoms with van der Waals surface area (Å²) < 4.78 is 30.4. The highest BCUT2D eigenvalue weighted by Crippen LogP contribution is 2.27. The fourth-order valence-electron chi connectivity index (χ4n) is 3.00. The number of methoxy groups -OCH3 is 1. The maximum Gasteiger partial charge on any atom is 0.155 e. The molecular weight excluding hydrogens is 286 g/mol. The van der Waals surface area contributed by atoms with Crippen LogP contribution in [0.5, 0.6) is 5.75 Å². The van der Waals surface area contributed by atoms with E-state index in [1.165, 1.54) is 0 Å². The van der Waals surface area contributed by atoms with Crippen LogP contribution in [0.2, 0.25) is 0 Å². The molecule has 21 heavy (non-hydrogen) atoms. The van der Waals surface area contributed by atoms with E-state index in [0.29, 0.717) is 0 Å². The van der Waals surface area contributed by atoms with Gasteiger partial charge in [0, 0.05) is 6.04 Å². The molecule has 5 heteroatoms. The van der Waals surface area contributed by atoms with Crippen molar-refractivity contribution >= 4 is 9.84 Å². The van der Waals surface area contributed by atoms with E-state index in [1.54, 1.807) is 14.2 Å². The summed E-state index contributed by atoms with van der Waals surface area (Å²) in [6.07, 6.45) is 4.87. The zero-order valence-electron chi connectivity index (χ0n) is 12.8. The molecule has 1 fully saturated rings. The lowest BCUT2D eigenvalue weighted by Crippen LogP contribution is -2.33. The number of sulfone groups is 1. The van der Waals surface area contributed by atoms with Crippen molar-refractivity contribution in [3.8, 4) is 5.75 Å². The van der Waals surface area contributed by atoms with Crippen LogP contribution in [0.3, 0.4) is 0 Å². The molecule has 1 aromatic rings. The lowest BCUT2D eigenvalue weighted by molar-refractivity contribution is 0.413. The molecule has 1 aliphatic carbocycles. The van der Waals surface area contributed by atoms with Crippen molar-refractivity contribution in [3.05, 3.63) is 29.8 Å². The van der Waals surface area contributed by atoms with Gasteiger partial charge < -0.3 is 10.1 Å². The molecule has 2 rings (SSSR count). The standard InChI is InChI=1S/C16H25NO3S/c1-17-16(13-7-6-8-14(11-13)20-2)12-21(18,19)15-9-4-3-5-10-15/h6-8,11,15-17H,3-5,9-10,12H2,1-2H3. The van der Waals surface area contributed by atoms with Crippen LogP contribution in [-0.4, -0.2) is 33.6 Å². The smallest absolute Gasteiger partial charge is 0.155 e. The highest BCUT2D eigenvalue weighted by atomic mass is 32.2. The molecule has 0 aromatic heterocycles. The molecule has 0 saturated heterocycles. The van der Waals surface area contributed by atoms with Gasteiger partial charge in [-0.25, -0.2) is 8.42 Å². The fourth-order valence-corrected chi connectivity index (χ4v) is 5.14. The van der Waals surface area contributed by atoms with Crippen molar-refractivity contribution < 1.29 is 13.2 Å². The minimum atomic E-state index is -3.07. The summed E-state index contributed by atoms with van der Waals surface area (Å²) in [4.78, 5) is 0. The van der Waals surface area contributed by atoms with Crippen LogP contribution >= 0.6 is 0 Å². The number of ether oxygens (including phenoxy) is 1. The molecule has 1 unspecified atom stereocenters. The van der Waals surface area contributed by atoms with Gasteiger partial charge in [0.15, 0.2) is 9.84 Å². The Morgan fingerprint density at radius 1 is 1.29 bits per heavy atom. The van der Waals surface area contributed by atoms with Crippen molar-refractivity contribution in [3.63, 3.8) is 0 Å². The van der Waals surface area contributed by atoms with Crippen LogP contribution in [0.25, 0.3) is 0 Å². The van der Waals surface area contributed by atoms with Gasteiger partial charge in [0.2, 0.25) is 0 Å². The summed E-state index contributed by atoms with van der Waals surface area (Å²) in [5.41, 5.74) is 0.955. The third kappa shape index (κ3) is 4.20. The summed E-state index contributed by atoms with van der Waals surface area (Å²) in [6.45, 7) is 0. The van der Waals surface area contributed by atoms with Crippen LogP contribution in [0, 0.1) is 0 Å². The van der Waals surface area contributed by atoms with E-state index >= 15 is 0 Å². The quantitative estimate of drug-likeness (QED) is 0.877. The Hall–Kier alpha value is -1.07. The van der Waals surface area contributed by atoms with E-state index < -0.39 is 9.84 Å². The number of hydrogen-bond acceptors (Lipinski definition) is 4. The summed E-state index contributed by atoms with van der Waals surface area (Å²) in [5.74, 6) is 0.907. The van der Waals surface area contributed by atoms with E-state index in [0.717, 1.165) is 43.4 Å². The second-order valence-corrected chi connectivity index (χ2v) is 8.03. The predicted octanol–water partition coefficient (Wildman–Crippen LogP) is 2.70. The molecule has 118 valence electrons. The first-order valence-electron chi connectivity index (χ1n) is 7.59. The second kappa shape index (κ2) is 7.27. The van der Waals surface area contributed by atoms with Gasteiger partial charge in [-0.15, -0.1) is 0 Å². The fraction of sp³-hybridized carbons (Fsp3) is 0.625. The van der Waals surface area contributed by atoms with Crippen molar-refractivity contribution in [2.45, 2.75) is 43.4 Å². The minimum Gasteiger partial charge on any atom is -0.497 e. The Bertz CT molecular complexity index is 550. The number of benzene rings is 1. The molecule has 0 aliphatic heterocycles. The molecule has 4 nitrogen and oxygen atoms in total. The largest absolute Gasteiger partial charge is 0.497 e. The minimum absolute atomic E-state index is 0.154. The molecule has 1 saturated carbocycles. The molecule has 0 spiro atoms. The maximum atomic E-state index is 12.6. The Labute approximate surface area is 127 Å². The predicted molar refractivity (Wildman–Crippen MR) is 85.5 cm³/mol. The monoisotopic (exact) mass is 311 g/mol. The second-order valence-electron chi connectivity index (χ2n) is 5.71. The Kier molecular flexibility index (Phi) is 5.65. The van der Waals surface area contributed by atoms with Crippen molar-refractivity contribution in [1.82, 2.24) is 5.32 Å². The third-order valence-corrected chi connectivity index (χ3v) is 6.59. The Balaban J connectivity index is 2.13. The normalized spacial score (nSPS) is 18.4. The van der Waals surface area contributed by atoms with Gasteiger partial charge in [0.25, 0.3) is 0 Å². The zero-order valence-corrected chi connectivity index (χ0v) is 13.7. The number of rotatable bonds is 6. The summed E-state index contributed by atoms with van der Waals surface area (Å²) in [6, 6.07) is 7.42. The highest BCUT2D eigenvalue weighted by molar-refractivity contribution is 7.92. The lowest BCUT2D eigenvalue weighted by Gasteiger charge is -2.25. The van der Waals surface area contributed by atoms with Crippen molar-refractivity contribution in [2.24, 2.45) is 0 Å².